The zero-order valence-electron chi connectivity index (χ0n) is 12.2. The minimum Gasteiger partial charge on any atom is -0.492 e. The Morgan fingerprint density at radius 3 is 2.65 bits per heavy atom. The fourth-order valence-electron chi connectivity index (χ4n) is 1.71. The van der Waals surface area contributed by atoms with Crippen LogP contribution in [0.4, 0.5) is 0 Å². The summed E-state index contributed by atoms with van der Waals surface area (Å²) in [7, 11) is 0. The summed E-state index contributed by atoms with van der Waals surface area (Å²) in [4.78, 5) is 22.7. The van der Waals surface area contributed by atoms with Crippen LogP contribution < -0.4 is 15.5 Å². The molecule has 0 radical (unpaired) electrons. The van der Waals surface area contributed by atoms with Gasteiger partial charge >= 0.3 is 0 Å². The molecule has 0 fully saturated rings. The summed E-state index contributed by atoms with van der Waals surface area (Å²) in [5, 5.41) is 11.2. The highest BCUT2D eigenvalue weighted by atomic mass is 16.5. The van der Waals surface area contributed by atoms with E-state index in [1.54, 1.807) is 35.8 Å². The lowest BCUT2D eigenvalue weighted by Crippen LogP contribution is -2.26. The Bertz CT molecular complexity index is 662. The average Bonchev–Trinajstić information content (AvgIpc) is 3.10. The van der Waals surface area contributed by atoms with Crippen LogP contribution in [-0.4, -0.2) is 30.2 Å². The second-order valence-corrected chi connectivity index (χ2v) is 4.45. The van der Waals surface area contributed by atoms with Crippen LogP contribution in [0.3, 0.4) is 0 Å². The van der Waals surface area contributed by atoms with Gasteiger partial charge in [-0.15, -0.1) is 0 Å². The third-order valence-electron chi connectivity index (χ3n) is 2.83. The maximum Gasteiger partial charge on any atom is 0.274 e. The number of hydroxylamine groups is 1. The zero-order valence-corrected chi connectivity index (χ0v) is 12.2. The van der Waals surface area contributed by atoms with Gasteiger partial charge in [-0.1, -0.05) is 0 Å². The SMILES string of the molecule is O=C(C=Cc1ccco1)NCCOc1ccc(C(=O)NO)cc1. The van der Waals surface area contributed by atoms with Crippen molar-refractivity contribution in [1.82, 2.24) is 10.8 Å². The van der Waals surface area contributed by atoms with Crippen LogP contribution in [0.1, 0.15) is 16.1 Å². The zero-order chi connectivity index (χ0) is 16.5. The van der Waals surface area contributed by atoms with E-state index in [2.05, 4.69) is 5.32 Å². The van der Waals surface area contributed by atoms with Crippen molar-refractivity contribution in [2.24, 2.45) is 0 Å². The van der Waals surface area contributed by atoms with Crippen molar-refractivity contribution in [3.05, 3.63) is 60.1 Å². The number of ether oxygens (including phenoxy) is 1. The van der Waals surface area contributed by atoms with Crippen LogP contribution in [0, 0.1) is 0 Å². The molecule has 0 spiro atoms. The van der Waals surface area contributed by atoms with Crippen LogP contribution in [0.2, 0.25) is 0 Å². The first-order chi connectivity index (χ1) is 11.2. The molecule has 0 aliphatic heterocycles. The first-order valence-corrected chi connectivity index (χ1v) is 6.86. The van der Waals surface area contributed by atoms with Gasteiger partial charge < -0.3 is 14.5 Å². The molecule has 7 nitrogen and oxygen atoms in total. The van der Waals surface area contributed by atoms with Crippen molar-refractivity contribution in [3.8, 4) is 5.75 Å². The highest BCUT2D eigenvalue weighted by Gasteiger charge is 2.03. The minimum atomic E-state index is -0.591. The van der Waals surface area contributed by atoms with Crippen LogP contribution >= 0.6 is 0 Å². The van der Waals surface area contributed by atoms with Crippen LogP contribution in [0.25, 0.3) is 6.08 Å². The smallest absolute Gasteiger partial charge is 0.274 e. The van der Waals surface area contributed by atoms with Crippen LogP contribution in [0.5, 0.6) is 5.75 Å². The Morgan fingerprint density at radius 2 is 2.00 bits per heavy atom. The quantitative estimate of drug-likeness (QED) is 0.312. The fraction of sp³-hybridized carbons (Fsp3) is 0.125. The van der Waals surface area contributed by atoms with E-state index in [0.717, 1.165) is 0 Å². The van der Waals surface area contributed by atoms with Gasteiger partial charge in [0.05, 0.1) is 12.8 Å². The number of carbonyl (C=O) groups excluding carboxylic acids is 2. The Balaban J connectivity index is 1.68. The molecule has 0 saturated heterocycles. The molecule has 1 aromatic carbocycles. The number of benzene rings is 1. The van der Waals surface area contributed by atoms with E-state index in [1.807, 2.05) is 0 Å². The molecule has 3 N–H and O–H groups in total. The molecule has 0 bridgehead atoms. The van der Waals surface area contributed by atoms with E-state index in [1.165, 1.54) is 24.5 Å². The maximum atomic E-state index is 11.5. The largest absolute Gasteiger partial charge is 0.492 e. The third-order valence-corrected chi connectivity index (χ3v) is 2.83. The molecule has 1 heterocycles. The number of hydrogen-bond donors (Lipinski definition) is 3. The monoisotopic (exact) mass is 316 g/mol. The fourth-order valence-corrected chi connectivity index (χ4v) is 1.71. The molecular weight excluding hydrogens is 300 g/mol. The summed E-state index contributed by atoms with van der Waals surface area (Å²) < 4.78 is 10.5. The molecule has 2 aromatic rings. The number of amides is 2. The van der Waals surface area contributed by atoms with Crippen molar-refractivity contribution in [2.45, 2.75) is 0 Å². The van der Waals surface area contributed by atoms with Gasteiger partial charge in [-0.3, -0.25) is 14.8 Å². The summed E-state index contributed by atoms with van der Waals surface area (Å²) in [6, 6.07) is 9.72. The van der Waals surface area contributed by atoms with Crippen molar-refractivity contribution in [1.29, 1.82) is 0 Å². The summed E-state index contributed by atoms with van der Waals surface area (Å²) >= 11 is 0. The molecule has 7 heteroatoms. The molecule has 2 amide bonds. The highest BCUT2D eigenvalue weighted by molar-refractivity contribution is 5.93. The summed E-state index contributed by atoms with van der Waals surface area (Å²) in [5.74, 6) is 0.315. The molecule has 0 unspecified atom stereocenters. The molecule has 2 rings (SSSR count). The van der Waals surface area contributed by atoms with Gasteiger partial charge in [-0.2, -0.15) is 0 Å². The second-order valence-electron chi connectivity index (χ2n) is 4.45. The molecule has 0 aliphatic rings. The first-order valence-electron chi connectivity index (χ1n) is 6.86. The van der Waals surface area contributed by atoms with Crippen molar-refractivity contribution in [2.75, 3.05) is 13.2 Å². The van der Waals surface area contributed by atoms with Gasteiger partial charge in [0.2, 0.25) is 5.91 Å². The van der Waals surface area contributed by atoms with Gasteiger partial charge in [-0.05, 0) is 42.5 Å². The lowest BCUT2D eigenvalue weighted by atomic mass is 10.2. The number of rotatable bonds is 7. The van der Waals surface area contributed by atoms with E-state index < -0.39 is 5.91 Å². The Kier molecular flexibility index (Phi) is 5.96. The van der Waals surface area contributed by atoms with Gasteiger partial charge in [0.1, 0.15) is 18.1 Å². The normalized spacial score (nSPS) is 10.5. The lowest BCUT2D eigenvalue weighted by Gasteiger charge is -2.07. The topological polar surface area (TPSA) is 101 Å². The second kappa shape index (κ2) is 8.40. The van der Waals surface area contributed by atoms with Gasteiger partial charge in [-0.25, -0.2) is 5.48 Å². The van der Waals surface area contributed by atoms with Gasteiger partial charge in [0.15, 0.2) is 0 Å². The Morgan fingerprint density at radius 1 is 1.22 bits per heavy atom. The lowest BCUT2D eigenvalue weighted by molar-refractivity contribution is -0.116. The molecule has 120 valence electrons. The number of carbonyl (C=O) groups is 2. The summed E-state index contributed by atoms with van der Waals surface area (Å²) in [5.41, 5.74) is 1.86. The molecule has 1 aromatic heterocycles. The number of nitrogens with one attached hydrogen (secondary N) is 2. The van der Waals surface area contributed by atoms with Crippen molar-refractivity contribution in [3.63, 3.8) is 0 Å². The minimum absolute atomic E-state index is 0.250. The molecule has 23 heavy (non-hydrogen) atoms. The highest BCUT2D eigenvalue weighted by Crippen LogP contribution is 2.11. The van der Waals surface area contributed by atoms with Crippen molar-refractivity contribution < 1.29 is 24.0 Å². The molecule has 0 atom stereocenters. The summed E-state index contributed by atoms with van der Waals surface area (Å²) in [6.07, 6.45) is 4.48. The first kappa shape index (κ1) is 16.3. The predicted octanol–water partition coefficient (Wildman–Crippen LogP) is 1.61. The number of hydrogen-bond acceptors (Lipinski definition) is 5. The van der Waals surface area contributed by atoms with E-state index in [9.17, 15) is 9.59 Å². The summed E-state index contributed by atoms with van der Waals surface area (Å²) in [6.45, 7) is 0.617. The van der Waals surface area contributed by atoms with E-state index in [-0.39, 0.29) is 12.5 Å². The van der Waals surface area contributed by atoms with E-state index in [0.29, 0.717) is 23.6 Å². The Labute approximate surface area is 132 Å². The molecule has 0 saturated carbocycles. The van der Waals surface area contributed by atoms with Crippen LogP contribution in [-0.2, 0) is 4.79 Å². The molecule has 0 aliphatic carbocycles. The standard InChI is InChI=1S/C16H16N2O5/c19-15(8-7-13-2-1-10-22-13)17-9-11-23-14-5-3-12(4-6-14)16(20)18-21/h1-8,10,21H,9,11H2,(H,17,19)(H,18,20). The van der Waals surface area contributed by atoms with E-state index >= 15 is 0 Å². The van der Waals surface area contributed by atoms with Gasteiger partial charge in [0.25, 0.3) is 5.91 Å². The van der Waals surface area contributed by atoms with Gasteiger partial charge in [0, 0.05) is 11.6 Å². The maximum absolute atomic E-state index is 11.5. The Hall–Kier alpha value is -3.06. The average molecular weight is 316 g/mol. The number of furan rings is 1. The van der Waals surface area contributed by atoms with Crippen LogP contribution in [0.15, 0.2) is 53.2 Å². The predicted molar refractivity (Wildman–Crippen MR) is 81.9 cm³/mol. The molecular formula is C16H16N2O5. The third kappa shape index (κ3) is 5.33. The van der Waals surface area contributed by atoms with Crippen molar-refractivity contribution >= 4 is 17.9 Å². The van der Waals surface area contributed by atoms with E-state index in [4.69, 9.17) is 14.4 Å².